The summed E-state index contributed by atoms with van der Waals surface area (Å²) in [5, 5.41) is 25.5. The lowest BCUT2D eigenvalue weighted by Crippen LogP contribution is -2.46. The van der Waals surface area contributed by atoms with Crippen molar-refractivity contribution in [2.45, 2.75) is 57.5 Å². The van der Waals surface area contributed by atoms with Crippen LogP contribution in [0.3, 0.4) is 0 Å². The Morgan fingerprint density at radius 1 is 0.811 bits per heavy atom. The van der Waals surface area contributed by atoms with Gasteiger partial charge in [-0.3, -0.25) is 4.90 Å². The molecule has 2 amide bonds. The summed E-state index contributed by atoms with van der Waals surface area (Å²) < 4.78 is 19.3. The predicted octanol–water partition coefficient (Wildman–Crippen LogP) is 8.21. The maximum absolute atomic E-state index is 12.9. The van der Waals surface area contributed by atoms with Crippen LogP contribution in [0.5, 0.6) is 11.5 Å². The number of ether oxygens (including phenoxy) is 3. The van der Waals surface area contributed by atoms with Gasteiger partial charge in [-0.2, -0.15) is 0 Å². The number of anilines is 1. The van der Waals surface area contributed by atoms with Gasteiger partial charge in [-0.25, -0.2) is 4.79 Å². The van der Waals surface area contributed by atoms with Gasteiger partial charge in [-0.15, -0.1) is 0 Å². The van der Waals surface area contributed by atoms with Crippen molar-refractivity contribution in [2.75, 3.05) is 25.0 Å². The quantitative estimate of drug-likeness (QED) is 0.103. The molecule has 0 saturated carbocycles. The van der Waals surface area contributed by atoms with Crippen LogP contribution in [0.25, 0.3) is 11.1 Å². The van der Waals surface area contributed by atoms with E-state index in [0.717, 1.165) is 65.1 Å². The molecule has 2 saturated heterocycles. The maximum Gasteiger partial charge on any atom is 0.319 e. The van der Waals surface area contributed by atoms with Crippen molar-refractivity contribution < 1.29 is 29.2 Å². The summed E-state index contributed by atoms with van der Waals surface area (Å²) in [4.78, 5) is 15.2. The van der Waals surface area contributed by atoms with Gasteiger partial charge >= 0.3 is 6.03 Å². The zero-order valence-electron chi connectivity index (χ0n) is 29.9. The fourth-order valence-corrected chi connectivity index (χ4v) is 7.26. The predicted molar refractivity (Wildman–Crippen MR) is 205 cm³/mol. The van der Waals surface area contributed by atoms with Gasteiger partial charge in [0.1, 0.15) is 11.5 Å². The third-order valence-electron chi connectivity index (χ3n) is 10.3. The molecule has 9 nitrogen and oxygen atoms in total. The van der Waals surface area contributed by atoms with Crippen molar-refractivity contribution in [1.29, 1.82) is 0 Å². The number of nitrogens with zero attached hydrogens (tertiary/aromatic N) is 1. The molecule has 2 heterocycles. The average Bonchev–Trinajstić information content (AvgIpc) is 3.66. The topological polar surface area (TPSA) is 113 Å². The molecular weight excluding hydrogens is 666 g/mol. The van der Waals surface area contributed by atoms with Crippen molar-refractivity contribution in [3.8, 4) is 22.6 Å². The van der Waals surface area contributed by atoms with Crippen LogP contribution in [0.2, 0.25) is 0 Å². The number of hydrogen-bond acceptors (Lipinski definition) is 7. The average molecular weight is 714 g/mol. The Morgan fingerprint density at radius 2 is 1.51 bits per heavy atom. The molecule has 4 N–H and O–H groups in total. The maximum atomic E-state index is 12.9. The zero-order chi connectivity index (χ0) is 36.6. The first-order chi connectivity index (χ1) is 26.0. The summed E-state index contributed by atoms with van der Waals surface area (Å²) in [5.74, 6) is 1.50. The van der Waals surface area contributed by atoms with Crippen molar-refractivity contribution in [2.24, 2.45) is 5.92 Å². The number of nitrogens with one attached hydrogen (secondary N) is 2. The molecule has 7 rings (SSSR count). The summed E-state index contributed by atoms with van der Waals surface area (Å²) in [5.41, 5.74) is 6.49. The van der Waals surface area contributed by atoms with E-state index in [4.69, 9.17) is 14.2 Å². The van der Waals surface area contributed by atoms with Crippen LogP contribution < -0.4 is 15.4 Å². The number of aliphatic hydroxyl groups excluding tert-OH is 2. The number of rotatable bonds is 12. The minimum atomic E-state index is -0.581. The molecule has 0 bridgehead atoms. The smallest absolute Gasteiger partial charge is 0.319 e. The van der Waals surface area contributed by atoms with E-state index < -0.39 is 6.29 Å². The number of likely N-dealkylation sites (tertiary alicyclic amines) is 1. The number of benzene rings is 5. The molecule has 0 aliphatic carbocycles. The zero-order valence-corrected chi connectivity index (χ0v) is 29.9. The summed E-state index contributed by atoms with van der Waals surface area (Å²) in [6, 6.07) is 40.9. The molecule has 5 aromatic rings. The lowest BCUT2D eigenvalue weighted by molar-refractivity contribution is -0.276. The highest BCUT2D eigenvalue weighted by Crippen LogP contribution is 2.42. The monoisotopic (exact) mass is 713 g/mol. The van der Waals surface area contributed by atoms with Gasteiger partial charge in [0.15, 0.2) is 6.29 Å². The molecule has 5 aromatic carbocycles. The molecule has 5 atom stereocenters. The van der Waals surface area contributed by atoms with E-state index in [-0.39, 0.29) is 43.4 Å². The van der Waals surface area contributed by atoms with E-state index in [0.29, 0.717) is 18.0 Å². The summed E-state index contributed by atoms with van der Waals surface area (Å²) >= 11 is 0. The number of hydrogen-bond donors (Lipinski definition) is 4. The van der Waals surface area contributed by atoms with Crippen LogP contribution in [0, 0.1) is 5.92 Å². The first-order valence-electron chi connectivity index (χ1n) is 18.4. The van der Waals surface area contributed by atoms with E-state index in [9.17, 15) is 15.0 Å². The van der Waals surface area contributed by atoms with Gasteiger partial charge in [0, 0.05) is 36.3 Å². The number of amides is 2. The fraction of sp³-hybridized carbons (Fsp3) is 0.295. The Labute approximate surface area is 311 Å². The molecule has 2 fully saturated rings. The third-order valence-corrected chi connectivity index (χ3v) is 10.3. The van der Waals surface area contributed by atoms with Crippen LogP contribution >= 0.6 is 0 Å². The Kier molecular flexibility index (Phi) is 11.8. The van der Waals surface area contributed by atoms with Crippen molar-refractivity contribution in [3.63, 3.8) is 0 Å². The molecule has 0 spiro atoms. The molecule has 274 valence electrons. The van der Waals surface area contributed by atoms with Gasteiger partial charge in [0.2, 0.25) is 0 Å². The Hall–Kier alpha value is -5.03. The molecule has 53 heavy (non-hydrogen) atoms. The molecule has 9 heteroatoms. The molecule has 2 aliphatic heterocycles. The fourth-order valence-electron chi connectivity index (χ4n) is 7.26. The first-order valence-corrected chi connectivity index (χ1v) is 18.4. The molecule has 2 aliphatic rings. The van der Waals surface area contributed by atoms with Crippen LogP contribution in [0.15, 0.2) is 127 Å². The van der Waals surface area contributed by atoms with Crippen molar-refractivity contribution >= 4 is 11.7 Å². The second-order valence-corrected chi connectivity index (χ2v) is 13.8. The largest absolute Gasteiger partial charge is 0.457 e. The second-order valence-electron chi connectivity index (χ2n) is 13.8. The lowest BCUT2D eigenvalue weighted by Gasteiger charge is -2.43. The minimum absolute atomic E-state index is 0.00749. The van der Waals surface area contributed by atoms with E-state index in [1.807, 2.05) is 109 Å². The second kappa shape index (κ2) is 17.2. The number of carbonyl (C=O) groups is 1. The summed E-state index contributed by atoms with van der Waals surface area (Å²) in [6.07, 6.45) is 1.16. The van der Waals surface area contributed by atoms with E-state index in [2.05, 4.69) is 40.7 Å². The summed E-state index contributed by atoms with van der Waals surface area (Å²) in [6.45, 7) is 4.32. The van der Waals surface area contributed by atoms with Gasteiger partial charge in [0.05, 0.1) is 25.4 Å². The van der Waals surface area contributed by atoms with Crippen LogP contribution in [0.1, 0.15) is 54.4 Å². The van der Waals surface area contributed by atoms with E-state index >= 15 is 0 Å². The first kappa shape index (κ1) is 36.3. The molecular formula is C44H47N3O6. The number of carbonyl (C=O) groups excluding carboxylic acids is 1. The Morgan fingerprint density at radius 3 is 2.25 bits per heavy atom. The normalized spacial score (nSPS) is 21.6. The Bertz CT molecular complexity index is 1920. The van der Waals surface area contributed by atoms with E-state index in [1.54, 1.807) is 0 Å². The van der Waals surface area contributed by atoms with Crippen molar-refractivity contribution in [1.82, 2.24) is 10.2 Å². The van der Waals surface area contributed by atoms with Gasteiger partial charge in [-0.05, 0) is 83.6 Å². The third kappa shape index (κ3) is 8.96. The Balaban J connectivity index is 1.02. The van der Waals surface area contributed by atoms with Gasteiger partial charge < -0.3 is 35.1 Å². The minimum Gasteiger partial charge on any atom is -0.457 e. The molecule has 0 unspecified atom stereocenters. The molecule has 0 aromatic heterocycles. The van der Waals surface area contributed by atoms with Crippen LogP contribution in [-0.4, -0.2) is 53.0 Å². The van der Waals surface area contributed by atoms with Gasteiger partial charge in [0.25, 0.3) is 0 Å². The van der Waals surface area contributed by atoms with E-state index in [1.165, 1.54) is 0 Å². The standard InChI is InChI=1S/C44H47N3O6/c1-30-41(27-47-25-7-9-37(47)29-49)52-43(53-42(30)33-15-13-31(28-48)14-16-33)34-19-17-32(18-20-34)40-12-6-5-8-35(40)26-45-44(50)46-36-21-23-39(24-22-36)51-38-10-3-2-4-11-38/h2-6,8,10-24,30,37,41-43,48-49H,7,9,25-29H2,1H3,(H2,45,46,50)/t30-,37-,41+,42+,43+/m0/s1. The highest BCUT2D eigenvalue weighted by atomic mass is 16.7. The number of para-hydroxylation sites is 1. The highest BCUT2D eigenvalue weighted by molar-refractivity contribution is 5.89. The van der Waals surface area contributed by atoms with Gasteiger partial charge in [-0.1, -0.05) is 97.9 Å². The van der Waals surface area contributed by atoms with Crippen LogP contribution in [0.4, 0.5) is 10.5 Å². The number of aliphatic hydroxyl groups is 2. The SMILES string of the molecule is C[C@H]1[C@@H](CN2CCC[C@H]2CO)O[C@@H](c2ccc(-c3ccccc3CNC(=O)Nc3ccc(Oc4ccccc4)cc3)cc2)O[C@H]1c1ccc(CO)cc1. The number of urea groups is 1. The summed E-state index contributed by atoms with van der Waals surface area (Å²) in [7, 11) is 0. The molecule has 0 radical (unpaired) electrons. The van der Waals surface area contributed by atoms with Crippen LogP contribution in [-0.2, 0) is 22.6 Å². The highest BCUT2D eigenvalue weighted by Gasteiger charge is 2.40. The van der Waals surface area contributed by atoms with Crippen molar-refractivity contribution in [3.05, 3.63) is 150 Å². The lowest BCUT2D eigenvalue weighted by atomic mass is 9.89.